The first-order chi connectivity index (χ1) is 6.72. The van der Waals surface area contributed by atoms with Crippen molar-refractivity contribution in [1.82, 2.24) is 15.5 Å². The minimum absolute atomic E-state index is 0.207. The number of hydrogen-bond acceptors (Lipinski definition) is 3. The van der Waals surface area contributed by atoms with Gasteiger partial charge in [0.15, 0.2) is 0 Å². The van der Waals surface area contributed by atoms with Crippen molar-refractivity contribution in [3.8, 4) is 6.07 Å². The van der Waals surface area contributed by atoms with E-state index in [1.807, 2.05) is 13.8 Å². The molecule has 2 N–H and O–H groups in total. The van der Waals surface area contributed by atoms with Crippen LogP contribution >= 0.6 is 0 Å². The fraction of sp³-hybridized carbons (Fsp3) is 0.600. The molecule has 1 aromatic heterocycles. The van der Waals surface area contributed by atoms with Crippen molar-refractivity contribution in [2.75, 3.05) is 0 Å². The van der Waals surface area contributed by atoms with Crippen molar-refractivity contribution < 1.29 is 0 Å². The maximum atomic E-state index is 9.07. The van der Waals surface area contributed by atoms with Crippen LogP contribution in [0.15, 0.2) is 0 Å². The topological polar surface area (TPSA) is 64.5 Å². The smallest absolute Gasteiger partial charge is 0.125 e. The number of aryl methyl sites for hydroxylation is 2. The predicted octanol–water partition coefficient (Wildman–Crippen LogP) is 1.34. The van der Waals surface area contributed by atoms with Crippen LogP contribution in [0.1, 0.15) is 35.8 Å². The summed E-state index contributed by atoms with van der Waals surface area (Å²) < 4.78 is 0. The summed E-state index contributed by atoms with van der Waals surface area (Å²) in [7, 11) is 0. The normalized spacial score (nSPS) is 17.8. The van der Waals surface area contributed by atoms with Gasteiger partial charge in [0.1, 0.15) is 6.04 Å². The molecule has 1 saturated carbocycles. The molecule has 1 aliphatic carbocycles. The van der Waals surface area contributed by atoms with Crippen molar-refractivity contribution >= 4 is 0 Å². The molecule has 0 spiro atoms. The van der Waals surface area contributed by atoms with Crippen LogP contribution in [0.2, 0.25) is 0 Å². The zero-order chi connectivity index (χ0) is 10.1. The lowest BCUT2D eigenvalue weighted by Gasteiger charge is -2.10. The van der Waals surface area contributed by atoms with Crippen molar-refractivity contribution in [2.24, 2.45) is 0 Å². The first-order valence-electron chi connectivity index (χ1n) is 4.89. The molecule has 14 heavy (non-hydrogen) atoms. The predicted molar refractivity (Wildman–Crippen MR) is 52.6 cm³/mol. The molecule has 1 fully saturated rings. The molecule has 2 rings (SSSR count). The zero-order valence-electron chi connectivity index (χ0n) is 8.46. The van der Waals surface area contributed by atoms with Gasteiger partial charge in [-0.05, 0) is 26.7 Å². The molecule has 1 atom stereocenters. The largest absolute Gasteiger partial charge is 0.295 e. The molecule has 1 aromatic rings. The van der Waals surface area contributed by atoms with Gasteiger partial charge in [-0.15, -0.1) is 0 Å². The Morgan fingerprint density at radius 1 is 1.57 bits per heavy atom. The van der Waals surface area contributed by atoms with Crippen molar-refractivity contribution in [3.63, 3.8) is 0 Å². The van der Waals surface area contributed by atoms with E-state index in [4.69, 9.17) is 5.26 Å². The average Bonchev–Trinajstić information content (AvgIpc) is 2.92. The van der Waals surface area contributed by atoms with Gasteiger partial charge in [-0.25, -0.2) is 0 Å². The van der Waals surface area contributed by atoms with E-state index in [2.05, 4.69) is 21.6 Å². The maximum absolute atomic E-state index is 9.07. The van der Waals surface area contributed by atoms with Gasteiger partial charge in [-0.1, -0.05) is 0 Å². The molecule has 1 heterocycles. The molecule has 4 nitrogen and oxygen atoms in total. The van der Waals surface area contributed by atoms with Crippen molar-refractivity contribution in [3.05, 3.63) is 17.0 Å². The van der Waals surface area contributed by atoms with Crippen LogP contribution in [0.5, 0.6) is 0 Å². The SMILES string of the molecule is Cc1n[nH]c(C)c1C(C#N)NC1CC1. The summed E-state index contributed by atoms with van der Waals surface area (Å²) in [6, 6.07) is 2.61. The summed E-state index contributed by atoms with van der Waals surface area (Å²) in [6.07, 6.45) is 2.38. The van der Waals surface area contributed by atoms with Crippen molar-refractivity contribution in [2.45, 2.75) is 38.8 Å². The van der Waals surface area contributed by atoms with Crippen LogP contribution in [0.25, 0.3) is 0 Å². The Bertz CT molecular complexity index is 350. The number of nitriles is 1. The molecule has 74 valence electrons. The highest BCUT2D eigenvalue weighted by atomic mass is 15.1. The Balaban J connectivity index is 2.21. The van der Waals surface area contributed by atoms with Gasteiger partial charge in [0.25, 0.3) is 0 Å². The fourth-order valence-corrected chi connectivity index (χ4v) is 1.66. The van der Waals surface area contributed by atoms with E-state index in [-0.39, 0.29) is 6.04 Å². The summed E-state index contributed by atoms with van der Waals surface area (Å²) in [5.74, 6) is 0. The standard InChI is InChI=1S/C10H14N4/c1-6-10(7(2)14-13-6)9(5-11)12-8-3-4-8/h8-9,12H,3-4H2,1-2H3,(H,13,14). The Morgan fingerprint density at radius 2 is 2.29 bits per heavy atom. The van der Waals surface area contributed by atoms with Crippen LogP contribution < -0.4 is 5.32 Å². The van der Waals surface area contributed by atoms with Crippen LogP contribution in [-0.4, -0.2) is 16.2 Å². The quantitative estimate of drug-likeness (QED) is 0.756. The number of hydrogen-bond donors (Lipinski definition) is 2. The van der Waals surface area contributed by atoms with Gasteiger partial charge in [-0.2, -0.15) is 10.4 Å². The van der Waals surface area contributed by atoms with Crippen LogP contribution in [0.4, 0.5) is 0 Å². The third kappa shape index (κ3) is 1.64. The molecule has 0 aliphatic heterocycles. The number of H-pyrrole nitrogens is 1. The molecule has 1 unspecified atom stereocenters. The Morgan fingerprint density at radius 3 is 2.71 bits per heavy atom. The summed E-state index contributed by atoms with van der Waals surface area (Å²) in [5.41, 5.74) is 2.92. The molecule has 0 saturated heterocycles. The first kappa shape index (κ1) is 9.22. The lowest BCUT2D eigenvalue weighted by Crippen LogP contribution is -2.22. The number of nitrogens with one attached hydrogen (secondary N) is 2. The highest BCUT2D eigenvalue weighted by Crippen LogP contribution is 2.26. The molecule has 4 heteroatoms. The monoisotopic (exact) mass is 190 g/mol. The Kier molecular flexibility index (Phi) is 2.26. The molecule has 0 bridgehead atoms. The number of aromatic amines is 1. The second-order valence-corrected chi connectivity index (χ2v) is 3.85. The number of aromatic nitrogens is 2. The first-order valence-corrected chi connectivity index (χ1v) is 4.89. The lowest BCUT2D eigenvalue weighted by atomic mass is 10.1. The van der Waals surface area contributed by atoms with Gasteiger partial charge in [-0.3, -0.25) is 10.4 Å². The minimum Gasteiger partial charge on any atom is -0.295 e. The zero-order valence-corrected chi connectivity index (χ0v) is 8.46. The fourth-order valence-electron chi connectivity index (χ4n) is 1.66. The highest BCUT2D eigenvalue weighted by Gasteiger charge is 2.27. The second-order valence-electron chi connectivity index (χ2n) is 3.85. The molecule has 0 amide bonds. The van der Waals surface area contributed by atoms with E-state index < -0.39 is 0 Å². The minimum atomic E-state index is -0.207. The summed E-state index contributed by atoms with van der Waals surface area (Å²) in [5, 5.41) is 19.4. The lowest BCUT2D eigenvalue weighted by molar-refractivity contribution is 0.621. The van der Waals surface area contributed by atoms with E-state index in [9.17, 15) is 0 Å². The molecule has 0 radical (unpaired) electrons. The van der Waals surface area contributed by atoms with Gasteiger partial charge in [0, 0.05) is 17.3 Å². The molecule has 0 aromatic carbocycles. The van der Waals surface area contributed by atoms with E-state index in [1.165, 1.54) is 12.8 Å². The van der Waals surface area contributed by atoms with Crippen LogP contribution in [-0.2, 0) is 0 Å². The van der Waals surface area contributed by atoms with Crippen LogP contribution in [0.3, 0.4) is 0 Å². The van der Waals surface area contributed by atoms with E-state index in [1.54, 1.807) is 0 Å². The molecule has 1 aliphatic rings. The van der Waals surface area contributed by atoms with E-state index >= 15 is 0 Å². The van der Waals surface area contributed by atoms with Gasteiger partial charge in [0.05, 0.1) is 11.8 Å². The van der Waals surface area contributed by atoms with Gasteiger partial charge in [0.2, 0.25) is 0 Å². The van der Waals surface area contributed by atoms with Gasteiger partial charge >= 0.3 is 0 Å². The average molecular weight is 190 g/mol. The van der Waals surface area contributed by atoms with Gasteiger partial charge < -0.3 is 0 Å². The number of rotatable bonds is 3. The Hall–Kier alpha value is -1.34. The third-order valence-electron chi connectivity index (χ3n) is 2.58. The van der Waals surface area contributed by atoms with Crippen LogP contribution in [0, 0.1) is 25.2 Å². The third-order valence-corrected chi connectivity index (χ3v) is 2.58. The molecular weight excluding hydrogens is 176 g/mol. The summed E-state index contributed by atoms with van der Waals surface area (Å²) in [6.45, 7) is 3.88. The summed E-state index contributed by atoms with van der Waals surface area (Å²) in [4.78, 5) is 0. The molecular formula is C10H14N4. The number of nitrogens with zero attached hydrogens (tertiary/aromatic N) is 2. The van der Waals surface area contributed by atoms with E-state index in [0.717, 1.165) is 17.0 Å². The highest BCUT2D eigenvalue weighted by molar-refractivity contribution is 5.31. The summed E-state index contributed by atoms with van der Waals surface area (Å²) >= 11 is 0. The second kappa shape index (κ2) is 3.43. The maximum Gasteiger partial charge on any atom is 0.125 e. The van der Waals surface area contributed by atoms with Crippen molar-refractivity contribution in [1.29, 1.82) is 5.26 Å². The Labute approximate surface area is 83.3 Å². The van der Waals surface area contributed by atoms with E-state index in [0.29, 0.717) is 6.04 Å².